The molecule has 0 aliphatic carbocycles. The van der Waals surface area contributed by atoms with E-state index in [2.05, 4.69) is 10.6 Å². The highest BCUT2D eigenvalue weighted by molar-refractivity contribution is 6.35. The third-order valence-electron chi connectivity index (χ3n) is 3.97. The summed E-state index contributed by atoms with van der Waals surface area (Å²) in [6, 6.07) is 5.10. The lowest BCUT2D eigenvalue weighted by Crippen LogP contribution is -2.54. The van der Waals surface area contributed by atoms with Gasteiger partial charge in [0.1, 0.15) is 11.4 Å². The second-order valence-corrected chi connectivity index (χ2v) is 6.32. The molecule has 0 saturated carbocycles. The predicted molar refractivity (Wildman–Crippen MR) is 98.7 cm³/mol. The number of hydrogen-bond acceptors (Lipinski definition) is 4. The van der Waals surface area contributed by atoms with Crippen molar-refractivity contribution in [3.05, 3.63) is 28.2 Å². The van der Waals surface area contributed by atoms with E-state index in [-0.39, 0.29) is 18.3 Å². The van der Waals surface area contributed by atoms with E-state index in [4.69, 9.17) is 32.7 Å². The van der Waals surface area contributed by atoms with Gasteiger partial charge in [0.2, 0.25) is 0 Å². The molecule has 24 heavy (non-hydrogen) atoms. The summed E-state index contributed by atoms with van der Waals surface area (Å²) in [7, 11) is 1.59. The van der Waals surface area contributed by atoms with E-state index in [9.17, 15) is 4.79 Å². The molecule has 0 radical (unpaired) electrons. The molecule has 0 atom stereocenters. The van der Waals surface area contributed by atoms with Crippen molar-refractivity contribution in [2.75, 3.05) is 33.4 Å². The van der Waals surface area contributed by atoms with Crippen molar-refractivity contribution in [2.24, 2.45) is 0 Å². The second kappa shape index (κ2) is 10.3. The van der Waals surface area contributed by atoms with Crippen LogP contribution < -0.4 is 15.4 Å². The Labute approximate surface area is 158 Å². The molecule has 1 aromatic carbocycles. The van der Waals surface area contributed by atoms with Gasteiger partial charge >= 0.3 is 0 Å². The minimum atomic E-state index is -0.703. The largest absolute Gasteiger partial charge is 0.492 e. The van der Waals surface area contributed by atoms with Crippen LogP contribution in [0.2, 0.25) is 10.0 Å². The summed E-state index contributed by atoms with van der Waals surface area (Å²) in [5.74, 6) is 0.542. The van der Waals surface area contributed by atoms with E-state index < -0.39 is 5.60 Å². The van der Waals surface area contributed by atoms with E-state index in [1.165, 1.54) is 0 Å². The SMILES string of the molecule is COC1(C(=O)NCCCOc2ccc(Cl)cc2Cl)CCNCC1.Cl. The molecule has 0 spiro atoms. The zero-order valence-electron chi connectivity index (χ0n) is 13.6. The number of halogens is 3. The molecule has 0 aromatic heterocycles. The molecule has 5 nitrogen and oxygen atoms in total. The van der Waals surface area contributed by atoms with Gasteiger partial charge < -0.3 is 20.1 Å². The second-order valence-electron chi connectivity index (χ2n) is 5.48. The number of ether oxygens (including phenoxy) is 2. The Bertz CT molecular complexity index is 537. The van der Waals surface area contributed by atoms with Gasteiger partial charge in [-0.15, -0.1) is 12.4 Å². The van der Waals surface area contributed by atoms with Gasteiger partial charge in [-0.2, -0.15) is 0 Å². The van der Waals surface area contributed by atoms with Crippen molar-refractivity contribution in [3.8, 4) is 5.75 Å². The van der Waals surface area contributed by atoms with Crippen LogP contribution in [0, 0.1) is 0 Å². The molecule has 8 heteroatoms. The first kappa shape index (κ1) is 21.3. The number of nitrogens with one attached hydrogen (secondary N) is 2. The smallest absolute Gasteiger partial charge is 0.252 e. The number of hydrogen-bond donors (Lipinski definition) is 2. The maximum Gasteiger partial charge on any atom is 0.252 e. The fourth-order valence-corrected chi connectivity index (χ4v) is 3.03. The van der Waals surface area contributed by atoms with Crippen LogP contribution >= 0.6 is 35.6 Å². The Morgan fingerprint density at radius 3 is 2.67 bits per heavy atom. The van der Waals surface area contributed by atoms with Crippen LogP contribution in [0.1, 0.15) is 19.3 Å². The molecule has 0 unspecified atom stereocenters. The molecule has 2 N–H and O–H groups in total. The van der Waals surface area contributed by atoms with Gasteiger partial charge in [0.15, 0.2) is 0 Å². The number of carbonyl (C=O) groups is 1. The predicted octanol–water partition coefficient (Wildman–Crippen LogP) is 3.07. The fraction of sp³-hybridized carbons (Fsp3) is 0.562. The Morgan fingerprint density at radius 2 is 2.04 bits per heavy atom. The molecule has 1 aromatic rings. The minimum Gasteiger partial charge on any atom is -0.492 e. The summed E-state index contributed by atoms with van der Waals surface area (Å²) in [5, 5.41) is 7.21. The van der Waals surface area contributed by atoms with Crippen LogP contribution in [0.3, 0.4) is 0 Å². The Kier molecular flexibility index (Phi) is 9.16. The monoisotopic (exact) mass is 396 g/mol. The lowest BCUT2D eigenvalue weighted by atomic mass is 9.91. The third kappa shape index (κ3) is 5.67. The average molecular weight is 398 g/mol. The maximum absolute atomic E-state index is 12.3. The van der Waals surface area contributed by atoms with Crippen LogP contribution in [0.4, 0.5) is 0 Å². The van der Waals surface area contributed by atoms with Crippen molar-refractivity contribution < 1.29 is 14.3 Å². The molecule has 0 bridgehead atoms. The molecule has 1 aliphatic heterocycles. The summed E-state index contributed by atoms with van der Waals surface area (Å²) in [5.41, 5.74) is -0.703. The van der Waals surface area contributed by atoms with Crippen LogP contribution in [-0.2, 0) is 9.53 Å². The molecule has 1 fully saturated rings. The minimum absolute atomic E-state index is 0. The summed E-state index contributed by atoms with van der Waals surface area (Å²) in [4.78, 5) is 12.3. The summed E-state index contributed by atoms with van der Waals surface area (Å²) in [6.45, 7) is 2.57. The molecular weight excluding hydrogens is 375 g/mol. The maximum atomic E-state index is 12.3. The van der Waals surface area contributed by atoms with Crippen molar-refractivity contribution in [1.29, 1.82) is 0 Å². The molecule has 136 valence electrons. The van der Waals surface area contributed by atoms with Gasteiger partial charge in [-0.25, -0.2) is 0 Å². The van der Waals surface area contributed by atoms with Gasteiger partial charge in [-0.05, 0) is 50.6 Å². The van der Waals surface area contributed by atoms with Gasteiger partial charge in [0.25, 0.3) is 5.91 Å². The topological polar surface area (TPSA) is 59.6 Å². The summed E-state index contributed by atoms with van der Waals surface area (Å²) < 4.78 is 11.1. The van der Waals surface area contributed by atoms with Crippen LogP contribution in [-0.4, -0.2) is 44.9 Å². The highest BCUT2D eigenvalue weighted by Crippen LogP contribution is 2.27. The highest BCUT2D eigenvalue weighted by atomic mass is 35.5. The van der Waals surface area contributed by atoms with Crippen molar-refractivity contribution in [3.63, 3.8) is 0 Å². The van der Waals surface area contributed by atoms with Crippen LogP contribution in [0.15, 0.2) is 18.2 Å². The normalized spacial score (nSPS) is 16.1. The van der Waals surface area contributed by atoms with E-state index in [1.807, 2.05) is 0 Å². The first-order valence-electron chi connectivity index (χ1n) is 7.69. The third-order valence-corrected chi connectivity index (χ3v) is 4.50. The summed E-state index contributed by atoms with van der Waals surface area (Å²) >= 11 is 11.9. The van der Waals surface area contributed by atoms with Crippen molar-refractivity contribution in [2.45, 2.75) is 24.9 Å². The lowest BCUT2D eigenvalue weighted by Gasteiger charge is -2.34. The Morgan fingerprint density at radius 1 is 1.33 bits per heavy atom. The van der Waals surface area contributed by atoms with Crippen molar-refractivity contribution >= 4 is 41.5 Å². The van der Waals surface area contributed by atoms with E-state index in [1.54, 1.807) is 25.3 Å². The van der Waals surface area contributed by atoms with Crippen molar-refractivity contribution in [1.82, 2.24) is 10.6 Å². The van der Waals surface area contributed by atoms with Gasteiger partial charge in [0, 0.05) is 18.7 Å². The first-order valence-corrected chi connectivity index (χ1v) is 8.45. The number of carbonyl (C=O) groups excluding carboxylic acids is 1. The van der Waals surface area contributed by atoms with Gasteiger partial charge in [0.05, 0.1) is 11.6 Å². The molecule has 1 aliphatic rings. The molecule has 1 saturated heterocycles. The van der Waals surface area contributed by atoms with Crippen LogP contribution in [0.25, 0.3) is 0 Å². The first-order chi connectivity index (χ1) is 11.1. The van der Waals surface area contributed by atoms with Gasteiger partial charge in [-0.3, -0.25) is 4.79 Å². The highest BCUT2D eigenvalue weighted by Gasteiger charge is 2.39. The van der Waals surface area contributed by atoms with Crippen LogP contribution in [0.5, 0.6) is 5.75 Å². The molecule has 1 amide bonds. The molecule has 2 rings (SSSR count). The zero-order chi connectivity index (χ0) is 16.7. The number of benzene rings is 1. The lowest BCUT2D eigenvalue weighted by molar-refractivity contribution is -0.146. The number of amides is 1. The molecular formula is C16H23Cl3N2O3. The van der Waals surface area contributed by atoms with E-state index in [0.29, 0.717) is 48.2 Å². The number of piperidine rings is 1. The Balaban J connectivity index is 0.00000288. The van der Waals surface area contributed by atoms with Gasteiger partial charge in [-0.1, -0.05) is 23.2 Å². The number of methoxy groups -OCH3 is 1. The Hall–Kier alpha value is -0.720. The van der Waals surface area contributed by atoms with E-state index >= 15 is 0 Å². The standard InChI is InChI=1S/C16H22Cl2N2O3.ClH/c1-22-16(5-8-19-9-6-16)15(21)20-7-2-10-23-14-4-3-12(17)11-13(14)18;/h3-4,11,19H,2,5-10H2,1H3,(H,20,21);1H. The average Bonchev–Trinajstić information content (AvgIpc) is 2.56. The van der Waals surface area contributed by atoms with E-state index in [0.717, 1.165) is 13.1 Å². The molecule has 1 heterocycles. The summed E-state index contributed by atoms with van der Waals surface area (Å²) in [6.07, 6.45) is 2.06. The zero-order valence-corrected chi connectivity index (χ0v) is 15.9. The number of rotatable bonds is 7. The quantitative estimate of drug-likeness (QED) is 0.694. The fourth-order valence-electron chi connectivity index (χ4n) is 2.56.